The molecule has 1 aromatic carbocycles. The molecule has 1 N–H and O–H groups in total. The predicted molar refractivity (Wildman–Crippen MR) is 92.8 cm³/mol. The van der Waals surface area contributed by atoms with Gasteiger partial charge < -0.3 is 5.32 Å². The number of nitrogens with zero attached hydrogens (tertiary/aromatic N) is 1. The summed E-state index contributed by atoms with van der Waals surface area (Å²) in [5, 5.41) is 2.95. The average molecular weight is 356 g/mol. The third kappa shape index (κ3) is 5.78. The van der Waals surface area contributed by atoms with E-state index in [1.807, 2.05) is 0 Å². The Labute approximate surface area is 143 Å². The molecule has 1 aromatic rings. The molecule has 1 aliphatic carbocycles. The van der Waals surface area contributed by atoms with E-state index < -0.39 is 15.8 Å². The van der Waals surface area contributed by atoms with Crippen LogP contribution >= 0.6 is 0 Å². The first-order valence-electron chi connectivity index (χ1n) is 8.39. The second kappa shape index (κ2) is 8.46. The van der Waals surface area contributed by atoms with Crippen molar-refractivity contribution in [3.63, 3.8) is 0 Å². The van der Waals surface area contributed by atoms with Gasteiger partial charge in [-0.15, -0.1) is 0 Å². The molecular formula is C17H25FN2O3S. The maximum atomic E-state index is 13.0. The molecule has 0 heterocycles. The van der Waals surface area contributed by atoms with Crippen molar-refractivity contribution in [3.05, 3.63) is 30.1 Å². The van der Waals surface area contributed by atoms with Crippen molar-refractivity contribution in [2.24, 2.45) is 0 Å². The molecule has 7 heteroatoms. The summed E-state index contributed by atoms with van der Waals surface area (Å²) in [5.41, 5.74) is 0.284. The number of rotatable bonds is 5. The summed E-state index contributed by atoms with van der Waals surface area (Å²) in [6.07, 6.45) is 8.67. The minimum Gasteiger partial charge on any atom is -0.352 e. The Balaban J connectivity index is 2.03. The van der Waals surface area contributed by atoms with Crippen LogP contribution < -0.4 is 9.62 Å². The molecule has 134 valence electrons. The van der Waals surface area contributed by atoms with E-state index in [1.165, 1.54) is 43.5 Å². The summed E-state index contributed by atoms with van der Waals surface area (Å²) < 4.78 is 38.0. The monoisotopic (exact) mass is 356 g/mol. The molecule has 5 nitrogen and oxygen atoms in total. The van der Waals surface area contributed by atoms with Crippen molar-refractivity contribution in [1.82, 2.24) is 5.32 Å². The number of hydrogen-bond acceptors (Lipinski definition) is 3. The van der Waals surface area contributed by atoms with E-state index >= 15 is 0 Å². The molecule has 0 unspecified atom stereocenters. The Morgan fingerprint density at radius 1 is 1.12 bits per heavy atom. The number of halogens is 1. The van der Waals surface area contributed by atoms with Crippen molar-refractivity contribution < 1.29 is 17.6 Å². The van der Waals surface area contributed by atoms with Crippen LogP contribution in [0.25, 0.3) is 0 Å². The van der Waals surface area contributed by atoms with E-state index in [1.54, 1.807) is 0 Å². The van der Waals surface area contributed by atoms with Gasteiger partial charge in [-0.1, -0.05) is 32.1 Å². The zero-order valence-electron chi connectivity index (χ0n) is 14.0. The third-order valence-electron chi connectivity index (χ3n) is 4.27. The number of benzene rings is 1. The highest BCUT2D eigenvalue weighted by molar-refractivity contribution is 7.92. The lowest BCUT2D eigenvalue weighted by atomic mass is 9.97. The van der Waals surface area contributed by atoms with Gasteiger partial charge in [-0.3, -0.25) is 9.10 Å². The Morgan fingerprint density at radius 2 is 1.67 bits per heavy atom. The van der Waals surface area contributed by atoms with Crippen molar-refractivity contribution in [3.8, 4) is 0 Å². The first-order chi connectivity index (χ1) is 11.4. The molecule has 1 fully saturated rings. The van der Waals surface area contributed by atoms with Crippen LogP contribution in [0.5, 0.6) is 0 Å². The molecule has 2 rings (SSSR count). The Hall–Kier alpha value is -1.63. The predicted octanol–water partition coefficient (Wildman–Crippen LogP) is 2.82. The highest BCUT2D eigenvalue weighted by atomic mass is 32.2. The van der Waals surface area contributed by atoms with Gasteiger partial charge in [-0.25, -0.2) is 12.8 Å². The van der Waals surface area contributed by atoms with Crippen LogP contribution in [0.3, 0.4) is 0 Å². The minimum atomic E-state index is -3.63. The summed E-state index contributed by atoms with van der Waals surface area (Å²) in [6.45, 7) is -0.291. The van der Waals surface area contributed by atoms with E-state index in [0.29, 0.717) is 0 Å². The van der Waals surface area contributed by atoms with Crippen LogP contribution in [0.15, 0.2) is 24.3 Å². The minimum absolute atomic E-state index is 0.104. The van der Waals surface area contributed by atoms with Gasteiger partial charge >= 0.3 is 0 Å². The topological polar surface area (TPSA) is 66.5 Å². The molecule has 0 atom stereocenters. The second-order valence-electron chi connectivity index (χ2n) is 6.36. The number of amides is 1. The highest BCUT2D eigenvalue weighted by Crippen LogP contribution is 2.19. The summed E-state index contributed by atoms with van der Waals surface area (Å²) in [5.74, 6) is -0.776. The molecule has 1 saturated carbocycles. The van der Waals surface area contributed by atoms with Gasteiger partial charge in [0.05, 0.1) is 11.9 Å². The molecule has 0 bridgehead atoms. The van der Waals surface area contributed by atoms with Crippen molar-refractivity contribution in [2.75, 3.05) is 17.1 Å². The van der Waals surface area contributed by atoms with Crippen LogP contribution in [-0.4, -0.2) is 33.2 Å². The van der Waals surface area contributed by atoms with Gasteiger partial charge in [0.15, 0.2) is 0 Å². The largest absolute Gasteiger partial charge is 0.352 e. The molecule has 0 saturated heterocycles. The van der Waals surface area contributed by atoms with Gasteiger partial charge in [-0.05, 0) is 37.1 Å². The van der Waals surface area contributed by atoms with Gasteiger partial charge in [0.25, 0.3) is 0 Å². The lowest BCUT2D eigenvalue weighted by Crippen LogP contribution is -2.44. The van der Waals surface area contributed by atoms with Gasteiger partial charge in [0.2, 0.25) is 15.9 Å². The number of carbonyl (C=O) groups excluding carboxylic acids is 1. The van der Waals surface area contributed by atoms with Gasteiger partial charge in [-0.2, -0.15) is 0 Å². The molecule has 0 spiro atoms. The Bertz CT molecular complexity index is 638. The fraction of sp³-hybridized carbons (Fsp3) is 0.588. The Morgan fingerprint density at radius 3 is 2.21 bits per heavy atom. The quantitative estimate of drug-likeness (QED) is 0.882. The number of anilines is 1. The van der Waals surface area contributed by atoms with Crippen LogP contribution in [0.4, 0.5) is 10.1 Å². The summed E-state index contributed by atoms with van der Waals surface area (Å²) in [6, 6.07) is 5.19. The van der Waals surface area contributed by atoms with Crippen LogP contribution in [0, 0.1) is 5.82 Å². The van der Waals surface area contributed by atoms with E-state index in [-0.39, 0.29) is 24.2 Å². The number of hydrogen-bond donors (Lipinski definition) is 1. The fourth-order valence-electron chi connectivity index (χ4n) is 3.01. The highest BCUT2D eigenvalue weighted by Gasteiger charge is 2.22. The number of sulfonamides is 1. The number of nitrogens with one attached hydrogen (secondary N) is 1. The summed E-state index contributed by atoms with van der Waals surface area (Å²) in [7, 11) is -3.63. The molecule has 1 amide bonds. The zero-order valence-corrected chi connectivity index (χ0v) is 14.8. The normalized spacial score (nSPS) is 16.9. The zero-order chi connectivity index (χ0) is 17.6. The molecular weight excluding hydrogens is 331 g/mol. The standard InChI is InChI=1S/C17H25FN2O3S/c1-24(22,23)20(16-11-9-14(18)10-12-16)13-17(21)19-15-7-5-3-2-4-6-8-15/h9-12,15H,2-8,13H2,1H3,(H,19,21). The van der Waals surface area contributed by atoms with E-state index in [2.05, 4.69) is 5.32 Å². The number of carbonyl (C=O) groups is 1. The summed E-state index contributed by atoms with van der Waals surface area (Å²) in [4.78, 5) is 12.3. The first kappa shape index (κ1) is 18.7. The van der Waals surface area contributed by atoms with E-state index in [9.17, 15) is 17.6 Å². The molecule has 1 aliphatic rings. The van der Waals surface area contributed by atoms with Crippen LogP contribution in [-0.2, 0) is 14.8 Å². The van der Waals surface area contributed by atoms with Gasteiger partial charge in [0, 0.05) is 6.04 Å². The van der Waals surface area contributed by atoms with E-state index in [4.69, 9.17) is 0 Å². The summed E-state index contributed by atoms with van der Waals surface area (Å²) >= 11 is 0. The smallest absolute Gasteiger partial charge is 0.240 e. The van der Waals surface area contributed by atoms with Crippen LogP contribution in [0.2, 0.25) is 0 Å². The van der Waals surface area contributed by atoms with Crippen molar-refractivity contribution in [1.29, 1.82) is 0 Å². The van der Waals surface area contributed by atoms with E-state index in [0.717, 1.165) is 36.2 Å². The van der Waals surface area contributed by atoms with Crippen LogP contribution in [0.1, 0.15) is 44.9 Å². The van der Waals surface area contributed by atoms with Gasteiger partial charge in [0.1, 0.15) is 12.4 Å². The lowest BCUT2D eigenvalue weighted by Gasteiger charge is -2.25. The maximum Gasteiger partial charge on any atom is 0.240 e. The lowest BCUT2D eigenvalue weighted by molar-refractivity contribution is -0.120. The second-order valence-corrected chi connectivity index (χ2v) is 8.26. The molecule has 0 aliphatic heterocycles. The molecule has 0 radical (unpaired) electrons. The van der Waals surface area contributed by atoms with Crippen molar-refractivity contribution >= 4 is 21.6 Å². The first-order valence-corrected chi connectivity index (χ1v) is 10.2. The molecule has 0 aromatic heterocycles. The average Bonchev–Trinajstić information content (AvgIpc) is 2.47. The van der Waals surface area contributed by atoms with Crippen molar-refractivity contribution in [2.45, 2.75) is 51.0 Å². The Kier molecular flexibility index (Phi) is 6.60. The molecule has 24 heavy (non-hydrogen) atoms. The third-order valence-corrected chi connectivity index (χ3v) is 5.41. The maximum absolute atomic E-state index is 13.0. The SMILES string of the molecule is CS(=O)(=O)N(CC(=O)NC1CCCCCCC1)c1ccc(F)cc1. The fourth-order valence-corrected chi connectivity index (χ4v) is 3.87.